The van der Waals surface area contributed by atoms with Gasteiger partial charge in [-0.1, -0.05) is 34.1 Å². The Morgan fingerprint density at radius 2 is 0.791 bits per heavy atom. The summed E-state index contributed by atoms with van der Waals surface area (Å²) in [5, 5.41) is 72.6. The van der Waals surface area contributed by atoms with Crippen LogP contribution in [0.3, 0.4) is 0 Å². The molecular formula is C51H97N23O12. The molecule has 0 aromatic rings. The molecule has 0 aliphatic carbocycles. The van der Waals surface area contributed by atoms with Crippen molar-refractivity contribution in [3.8, 4) is 0 Å². The van der Waals surface area contributed by atoms with E-state index in [-0.39, 0.29) is 127 Å². The van der Waals surface area contributed by atoms with Gasteiger partial charge in [0.2, 0.25) is 59.1 Å². The van der Waals surface area contributed by atoms with E-state index >= 15 is 0 Å². The molecule has 30 N–H and O–H groups in total. The molecule has 0 aliphatic rings. The Hall–Kier alpha value is -8.79. The molecule has 0 aromatic heterocycles. The van der Waals surface area contributed by atoms with Gasteiger partial charge in [0.25, 0.3) is 0 Å². The fourth-order valence-corrected chi connectivity index (χ4v) is 8.30. The van der Waals surface area contributed by atoms with Crippen LogP contribution >= 0.6 is 0 Å². The lowest BCUT2D eigenvalue weighted by atomic mass is 9.96. The molecule has 0 aromatic carbocycles. The van der Waals surface area contributed by atoms with Crippen LogP contribution in [0.4, 0.5) is 0 Å². The Bertz CT molecular complexity index is 2290. The van der Waals surface area contributed by atoms with Gasteiger partial charge in [-0.2, -0.15) is 0 Å². The zero-order chi connectivity index (χ0) is 65.5. The summed E-state index contributed by atoms with van der Waals surface area (Å²) in [4.78, 5) is 147. The number of primary amides is 1. The van der Waals surface area contributed by atoms with E-state index in [2.05, 4.69) is 69.1 Å². The summed E-state index contributed by atoms with van der Waals surface area (Å²) < 4.78 is 0. The van der Waals surface area contributed by atoms with Crippen molar-refractivity contribution in [1.82, 2.24) is 69.1 Å². The minimum atomic E-state index is -1.56. The van der Waals surface area contributed by atoms with E-state index in [1.54, 1.807) is 27.7 Å². The first kappa shape index (κ1) is 77.2. The topological polar surface area (TPSA) is 616 Å². The maximum Gasteiger partial charge on any atom is 0.303 e. The van der Waals surface area contributed by atoms with Crippen LogP contribution < -0.4 is 104 Å². The lowest BCUT2D eigenvalue weighted by Crippen LogP contribution is -2.59. The highest BCUT2D eigenvalue weighted by molar-refractivity contribution is 5.98. The van der Waals surface area contributed by atoms with Gasteiger partial charge in [-0.3, -0.25) is 74.4 Å². The minimum Gasteiger partial charge on any atom is -0.481 e. The number of aliphatic carboxylic acids is 1. The third-order valence-electron chi connectivity index (χ3n) is 13.0. The number of rotatable bonds is 45. The maximum absolute atomic E-state index is 14.3. The Balaban J connectivity index is 6.73. The van der Waals surface area contributed by atoms with E-state index in [0.717, 1.165) is 0 Å². The molecule has 0 rings (SSSR count). The lowest BCUT2D eigenvalue weighted by Gasteiger charge is -2.28. The second-order valence-corrected chi connectivity index (χ2v) is 20.9. The van der Waals surface area contributed by atoms with Crippen molar-refractivity contribution in [3.05, 3.63) is 0 Å². The van der Waals surface area contributed by atoms with E-state index < -0.39 is 139 Å². The number of unbranched alkanes of at least 4 members (excludes halogenated alkanes) is 1. The minimum absolute atomic E-state index is 0.00832. The molecule has 35 nitrogen and oxygen atoms in total. The zero-order valence-corrected chi connectivity index (χ0v) is 50.0. The predicted molar refractivity (Wildman–Crippen MR) is 319 cm³/mol. The molecule has 0 fully saturated rings. The van der Waals surface area contributed by atoms with Crippen LogP contribution in [-0.2, 0) is 52.7 Å². The van der Waals surface area contributed by atoms with Crippen molar-refractivity contribution in [2.75, 3.05) is 39.3 Å². The molecule has 0 unspecified atom stereocenters. The van der Waals surface area contributed by atoms with Crippen LogP contribution in [0.15, 0.2) is 0 Å². The number of carbonyl (C=O) groups is 11. The molecule has 0 heterocycles. The molecule has 0 aliphatic heterocycles. The predicted octanol–water partition coefficient (Wildman–Crippen LogP) is -6.37. The monoisotopic (exact) mass is 1220 g/mol. The van der Waals surface area contributed by atoms with Crippen molar-refractivity contribution in [2.45, 2.75) is 179 Å². The van der Waals surface area contributed by atoms with Crippen molar-refractivity contribution < 1.29 is 57.8 Å². The fraction of sp³-hybridized carbons (Fsp3) is 0.706. The second-order valence-electron chi connectivity index (χ2n) is 20.9. The first-order valence-electron chi connectivity index (χ1n) is 28.6. The summed E-state index contributed by atoms with van der Waals surface area (Å²) in [5.41, 5.74) is 32.9. The Morgan fingerprint density at radius 3 is 1.16 bits per heavy atom. The van der Waals surface area contributed by atoms with Crippen LogP contribution in [0.1, 0.15) is 131 Å². The van der Waals surface area contributed by atoms with Crippen LogP contribution in [0.2, 0.25) is 0 Å². The van der Waals surface area contributed by atoms with Gasteiger partial charge >= 0.3 is 5.97 Å². The summed E-state index contributed by atoms with van der Waals surface area (Å²) in [6.07, 6.45) is 0.793. The second kappa shape index (κ2) is 42.9. The standard InChI is InChI=1S/C51H97N23O12/c1-6-28(4)39(74-45(84)31(67-29(5)75)15-10-22-63-49(56)57)47(86)73-35(18-19-38(77)78)41(80)66-26-37(76)68-36(25-27(2)3)46(85)72-34(17-12-24-65-51(60)61)44(83)70-32(13-7-8-20-52)43(82)71-33(16-11-23-64-50(58)59)42(81)69-30(40(53)79)14-9-21-62-48(54)55/h27-28,30-36,39H,6-26,52H2,1-5H3,(H2,53,79)(H,66,80)(H,67,75)(H,68,76)(H,69,81)(H,70,83)(H,71,82)(H,72,85)(H,73,86)(H,74,84)(H,77,78)(H4,54,55,62)(H4,56,57,63)(H4,58,59,64)(H4,60,61,65)/t28-,30-,31-,32-,33-,34-,35-,36-,39-/m0/s1. The molecule has 0 radical (unpaired) electrons. The fourth-order valence-electron chi connectivity index (χ4n) is 8.30. The van der Waals surface area contributed by atoms with Crippen LogP contribution in [0, 0.1) is 33.5 Å². The highest BCUT2D eigenvalue weighted by atomic mass is 16.4. The van der Waals surface area contributed by atoms with Gasteiger partial charge in [-0.05, 0) is 102 Å². The van der Waals surface area contributed by atoms with E-state index in [9.17, 15) is 57.8 Å². The van der Waals surface area contributed by atoms with E-state index in [1.807, 2.05) is 0 Å². The number of nitrogens with two attached hydrogens (primary N) is 6. The summed E-state index contributed by atoms with van der Waals surface area (Å²) >= 11 is 0. The molecular weight excluding hydrogens is 1130 g/mol. The molecule has 0 saturated heterocycles. The quantitative estimate of drug-likeness (QED) is 0.0153. The third kappa shape index (κ3) is 35.4. The van der Waals surface area contributed by atoms with Gasteiger partial charge in [0.05, 0.1) is 6.54 Å². The van der Waals surface area contributed by atoms with Gasteiger partial charge in [-0.15, -0.1) is 0 Å². The molecule has 0 bridgehead atoms. The SMILES string of the molecule is CC[C@H](C)[C@H](NC(=O)[C@H](CCCNC(=N)N)NC(C)=O)C(=O)N[C@@H](CCC(=O)O)C(=O)NCC(=O)N[C@@H](CC(C)C)C(=O)N[C@@H](CCCNC(=N)N)C(=O)N[C@@H](CCCCN)C(=O)N[C@@H](CCCNC(=N)N)C(=O)N[C@@H](CCCNC(=N)N)C(N)=O. The normalized spacial score (nSPS) is 13.9. The van der Waals surface area contributed by atoms with Gasteiger partial charge in [0, 0.05) is 39.5 Å². The molecule has 0 spiro atoms. The van der Waals surface area contributed by atoms with Gasteiger partial charge in [0.15, 0.2) is 23.8 Å². The number of guanidine groups is 4. The Kier molecular flexibility index (Phi) is 38.5. The van der Waals surface area contributed by atoms with Gasteiger partial charge in [0.1, 0.15) is 48.3 Å². The maximum atomic E-state index is 14.3. The van der Waals surface area contributed by atoms with Crippen LogP contribution in [0.5, 0.6) is 0 Å². The van der Waals surface area contributed by atoms with E-state index in [0.29, 0.717) is 19.3 Å². The average Bonchev–Trinajstić information content (AvgIpc) is 2.59. The zero-order valence-electron chi connectivity index (χ0n) is 50.0. The van der Waals surface area contributed by atoms with Crippen LogP contribution in [0.25, 0.3) is 0 Å². The molecule has 86 heavy (non-hydrogen) atoms. The van der Waals surface area contributed by atoms with Gasteiger partial charge < -0.3 is 109 Å². The molecule has 0 saturated carbocycles. The molecule has 35 heteroatoms. The van der Waals surface area contributed by atoms with E-state index in [4.69, 9.17) is 56.0 Å². The number of carbonyl (C=O) groups excluding carboxylic acids is 10. The van der Waals surface area contributed by atoms with Crippen molar-refractivity contribution in [1.29, 1.82) is 21.6 Å². The summed E-state index contributed by atoms with van der Waals surface area (Å²) in [7, 11) is 0. The molecule has 9 atom stereocenters. The number of hydrogen-bond acceptors (Lipinski definition) is 16. The number of amides is 10. The van der Waals surface area contributed by atoms with E-state index in [1.165, 1.54) is 6.92 Å². The molecule has 10 amide bonds. The number of hydrogen-bond donors (Lipinski definition) is 24. The summed E-state index contributed by atoms with van der Waals surface area (Å²) in [6, 6.07) is -10.6. The first-order valence-corrected chi connectivity index (χ1v) is 28.6. The smallest absolute Gasteiger partial charge is 0.303 e. The lowest BCUT2D eigenvalue weighted by molar-refractivity contribution is -0.138. The number of carboxylic acid groups (broad SMARTS) is 1. The summed E-state index contributed by atoms with van der Waals surface area (Å²) in [6.45, 7) is 8.05. The van der Waals surface area contributed by atoms with Crippen LogP contribution in [-0.4, -0.2) is 182 Å². The largest absolute Gasteiger partial charge is 0.481 e. The van der Waals surface area contributed by atoms with Crippen molar-refractivity contribution in [3.63, 3.8) is 0 Å². The highest BCUT2D eigenvalue weighted by Gasteiger charge is 2.35. The van der Waals surface area contributed by atoms with Crippen molar-refractivity contribution >= 4 is 88.9 Å². The highest BCUT2D eigenvalue weighted by Crippen LogP contribution is 2.13. The van der Waals surface area contributed by atoms with Crippen molar-refractivity contribution in [2.24, 2.45) is 46.2 Å². The Morgan fingerprint density at radius 1 is 0.430 bits per heavy atom. The summed E-state index contributed by atoms with van der Waals surface area (Å²) in [5.74, 6) is -11.8. The van der Waals surface area contributed by atoms with Gasteiger partial charge in [-0.25, -0.2) is 0 Å². The average molecular weight is 1220 g/mol. The first-order chi connectivity index (χ1) is 40.4. The number of nitrogens with one attached hydrogen (secondary N) is 17. The molecule has 488 valence electrons. The number of carboxylic acids is 1. The third-order valence-corrected chi connectivity index (χ3v) is 13.0. The Labute approximate surface area is 500 Å².